The smallest absolute Gasteiger partial charge is 0.337 e. The lowest BCUT2D eigenvalue weighted by Crippen LogP contribution is -2.28. The summed E-state index contributed by atoms with van der Waals surface area (Å²) in [6.45, 7) is 1.89. The molecular formula is C19H19Cl2NO3S. The van der Waals surface area contributed by atoms with Crippen molar-refractivity contribution in [3.63, 3.8) is 0 Å². The molecular weight excluding hydrogens is 393 g/mol. The van der Waals surface area contributed by atoms with Crippen LogP contribution in [0.5, 0.6) is 0 Å². The number of hydrogen-bond acceptors (Lipinski definition) is 4. The third-order valence-corrected chi connectivity index (χ3v) is 5.41. The maximum absolute atomic E-state index is 12.1. The molecule has 0 unspecified atom stereocenters. The Labute approximate surface area is 167 Å². The van der Waals surface area contributed by atoms with Crippen molar-refractivity contribution in [2.24, 2.45) is 0 Å². The lowest BCUT2D eigenvalue weighted by Gasteiger charge is -2.15. The zero-order chi connectivity index (χ0) is 19.1. The van der Waals surface area contributed by atoms with E-state index in [-0.39, 0.29) is 17.9 Å². The molecule has 0 spiro atoms. The summed E-state index contributed by atoms with van der Waals surface area (Å²) in [6.07, 6.45) is 0. The summed E-state index contributed by atoms with van der Waals surface area (Å²) in [5.74, 6) is 0.496. The van der Waals surface area contributed by atoms with E-state index in [0.29, 0.717) is 27.1 Å². The Morgan fingerprint density at radius 3 is 2.62 bits per heavy atom. The van der Waals surface area contributed by atoms with Gasteiger partial charge in [0.1, 0.15) is 0 Å². The summed E-state index contributed by atoms with van der Waals surface area (Å²) in [6, 6.07) is 12.3. The largest absolute Gasteiger partial charge is 0.465 e. The molecule has 0 saturated carbocycles. The average molecular weight is 412 g/mol. The first kappa shape index (κ1) is 20.6. The van der Waals surface area contributed by atoms with E-state index in [4.69, 9.17) is 27.9 Å². The summed E-state index contributed by atoms with van der Waals surface area (Å²) in [4.78, 5) is 23.7. The quantitative estimate of drug-likeness (QED) is 0.658. The van der Waals surface area contributed by atoms with Crippen LogP contribution >= 0.6 is 35.0 Å². The van der Waals surface area contributed by atoms with Crippen molar-refractivity contribution in [3.8, 4) is 0 Å². The molecule has 0 aliphatic heterocycles. The molecule has 0 heterocycles. The third-order valence-electron chi connectivity index (χ3n) is 3.67. The van der Waals surface area contributed by atoms with E-state index in [1.165, 1.54) is 18.9 Å². The van der Waals surface area contributed by atoms with Gasteiger partial charge in [-0.25, -0.2) is 4.79 Å². The summed E-state index contributed by atoms with van der Waals surface area (Å²) < 4.78 is 4.71. The average Bonchev–Trinajstić information content (AvgIpc) is 2.63. The number of rotatable bonds is 7. The second-order valence-electron chi connectivity index (χ2n) is 5.65. The molecule has 0 aliphatic rings. The van der Waals surface area contributed by atoms with Crippen LogP contribution in [-0.4, -0.2) is 24.7 Å². The van der Waals surface area contributed by atoms with Gasteiger partial charge in [0, 0.05) is 5.75 Å². The highest BCUT2D eigenvalue weighted by atomic mass is 35.5. The van der Waals surface area contributed by atoms with Gasteiger partial charge in [0.2, 0.25) is 5.91 Å². The Morgan fingerprint density at radius 2 is 1.92 bits per heavy atom. The van der Waals surface area contributed by atoms with Gasteiger partial charge in [-0.2, -0.15) is 0 Å². The van der Waals surface area contributed by atoms with Crippen LogP contribution in [-0.2, 0) is 15.3 Å². The Balaban J connectivity index is 1.83. The van der Waals surface area contributed by atoms with Gasteiger partial charge in [-0.05, 0) is 42.3 Å². The summed E-state index contributed by atoms with van der Waals surface area (Å²) in [5, 5.41) is 3.88. The normalized spacial score (nSPS) is 11.7. The summed E-state index contributed by atoms with van der Waals surface area (Å²) >= 11 is 13.4. The van der Waals surface area contributed by atoms with Crippen molar-refractivity contribution in [2.75, 3.05) is 12.9 Å². The molecule has 26 heavy (non-hydrogen) atoms. The van der Waals surface area contributed by atoms with Crippen LogP contribution in [0.1, 0.15) is 34.5 Å². The molecule has 0 radical (unpaired) electrons. The molecule has 2 rings (SSSR count). The van der Waals surface area contributed by atoms with Gasteiger partial charge >= 0.3 is 5.97 Å². The van der Waals surface area contributed by atoms with Crippen molar-refractivity contribution in [2.45, 2.75) is 18.7 Å². The Bertz CT molecular complexity index is 798. The minimum atomic E-state index is -0.370. The summed E-state index contributed by atoms with van der Waals surface area (Å²) in [7, 11) is 1.35. The number of nitrogens with one attached hydrogen (secondary N) is 1. The van der Waals surface area contributed by atoms with Gasteiger partial charge in [0.05, 0.1) is 34.5 Å². The highest BCUT2D eigenvalue weighted by Gasteiger charge is 2.11. The second-order valence-corrected chi connectivity index (χ2v) is 7.45. The van der Waals surface area contributed by atoms with Crippen molar-refractivity contribution < 1.29 is 14.3 Å². The topological polar surface area (TPSA) is 55.4 Å². The fourth-order valence-electron chi connectivity index (χ4n) is 2.32. The number of methoxy groups -OCH3 is 1. The highest BCUT2D eigenvalue weighted by molar-refractivity contribution is 7.99. The maximum Gasteiger partial charge on any atom is 0.337 e. The fourth-order valence-corrected chi connectivity index (χ4v) is 3.41. The number of carbonyl (C=O) groups excluding carboxylic acids is 2. The van der Waals surface area contributed by atoms with Gasteiger partial charge < -0.3 is 10.1 Å². The van der Waals surface area contributed by atoms with Crippen LogP contribution < -0.4 is 5.32 Å². The standard InChI is InChI=1S/C19H19Cl2NO3S/c1-12(14-6-7-16(20)17(21)9-14)22-18(23)11-26-10-13-4-3-5-15(8-13)19(24)25-2/h3-9,12H,10-11H2,1-2H3,(H,22,23)/t12-/m1/s1. The van der Waals surface area contributed by atoms with E-state index in [2.05, 4.69) is 5.32 Å². The molecule has 7 heteroatoms. The lowest BCUT2D eigenvalue weighted by molar-refractivity contribution is -0.119. The first-order valence-corrected chi connectivity index (χ1v) is 9.81. The molecule has 1 atom stereocenters. The molecule has 0 aromatic heterocycles. The maximum atomic E-state index is 12.1. The van der Waals surface area contributed by atoms with E-state index in [1.807, 2.05) is 19.1 Å². The fraction of sp³-hybridized carbons (Fsp3) is 0.263. The van der Waals surface area contributed by atoms with Crippen molar-refractivity contribution in [1.82, 2.24) is 5.32 Å². The predicted molar refractivity (Wildman–Crippen MR) is 107 cm³/mol. The Morgan fingerprint density at radius 1 is 1.15 bits per heavy atom. The van der Waals surface area contributed by atoms with E-state index in [1.54, 1.807) is 30.3 Å². The monoisotopic (exact) mass is 411 g/mol. The number of halogens is 2. The number of ether oxygens (including phenoxy) is 1. The van der Waals surface area contributed by atoms with E-state index < -0.39 is 0 Å². The zero-order valence-electron chi connectivity index (χ0n) is 14.4. The first-order valence-electron chi connectivity index (χ1n) is 7.90. The minimum absolute atomic E-state index is 0.0716. The SMILES string of the molecule is COC(=O)c1cccc(CSCC(=O)N[C@H](C)c2ccc(Cl)c(Cl)c2)c1. The minimum Gasteiger partial charge on any atom is -0.465 e. The highest BCUT2D eigenvalue weighted by Crippen LogP contribution is 2.25. The van der Waals surface area contributed by atoms with Crippen molar-refractivity contribution in [3.05, 3.63) is 69.2 Å². The summed E-state index contributed by atoms with van der Waals surface area (Å²) in [5.41, 5.74) is 2.36. The van der Waals surface area contributed by atoms with Crippen LogP contribution in [0.15, 0.2) is 42.5 Å². The van der Waals surface area contributed by atoms with E-state index in [9.17, 15) is 9.59 Å². The number of esters is 1. The predicted octanol–water partition coefficient (Wildman–Crippen LogP) is 4.89. The van der Waals surface area contributed by atoms with Gasteiger partial charge in [0.25, 0.3) is 0 Å². The molecule has 4 nitrogen and oxygen atoms in total. The molecule has 1 N–H and O–H groups in total. The number of thioether (sulfide) groups is 1. The van der Waals surface area contributed by atoms with Crippen LogP contribution in [0.3, 0.4) is 0 Å². The zero-order valence-corrected chi connectivity index (χ0v) is 16.8. The van der Waals surface area contributed by atoms with Crippen LogP contribution in [0.2, 0.25) is 10.0 Å². The van der Waals surface area contributed by atoms with Gasteiger partial charge in [-0.15, -0.1) is 11.8 Å². The number of hydrogen-bond donors (Lipinski definition) is 1. The number of benzene rings is 2. The third kappa shape index (κ3) is 5.94. The van der Waals surface area contributed by atoms with Crippen LogP contribution in [0.4, 0.5) is 0 Å². The Kier molecular flexibility index (Phi) is 7.82. The molecule has 0 bridgehead atoms. The molecule has 0 saturated heterocycles. The molecule has 2 aromatic rings. The lowest BCUT2D eigenvalue weighted by atomic mass is 10.1. The number of amides is 1. The molecule has 138 valence electrons. The van der Waals surface area contributed by atoms with Gasteiger partial charge in [0.15, 0.2) is 0 Å². The van der Waals surface area contributed by atoms with Crippen molar-refractivity contribution in [1.29, 1.82) is 0 Å². The van der Waals surface area contributed by atoms with Crippen molar-refractivity contribution >= 4 is 46.8 Å². The van der Waals surface area contributed by atoms with Gasteiger partial charge in [-0.1, -0.05) is 41.4 Å². The van der Waals surface area contributed by atoms with Crippen LogP contribution in [0.25, 0.3) is 0 Å². The molecule has 0 aliphatic carbocycles. The van der Waals surface area contributed by atoms with Crippen LogP contribution in [0, 0.1) is 0 Å². The Hall–Kier alpha value is -1.69. The molecule has 0 fully saturated rings. The van der Waals surface area contributed by atoms with Gasteiger partial charge in [-0.3, -0.25) is 4.79 Å². The number of carbonyl (C=O) groups is 2. The first-order chi connectivity index (χ1) is 12.4. The van der Waals surface area contributed by atoms with E-state index in [0.717, 1.165) is 11.1 Å². The second kappa shape index (κ2) is 9.86. The van der Waals surface area contributed by atoms with E-state index >= 15 is 0 Å². The molecule has 2 aromatic carbocycles. The molecule has 1 amide bonds.